The molecule has 2 heterocycles. The molecule has 0 amide bonds. The van der Waals surface area contributed by atoms with Gasteiger partial charge in [-0.15, -0.1) is 0 Å². The van der Waals surface area contributed by atoms with Crippen molar-refractivity contribution in [3.05, 3.63) is 46.9 Å². The predicted octanol–water partition coefficient (Wildman–Crippen LogP) is 2.34. The summed E-state index contributed by atoms with van der Waals surface area (Å²) in [6, 6.07) is 6.19. The Hall–Kier alpha value is -1.22. The van der Waals surface area contributed by atoms with E-state index in [0.717, 1.165) is 13.0 Å². The van der Waals surface area contributed by atoms with Crippen LogP contribution in [0.25, 0.3) is 0 Å². The Bertz CT molecular complexity index is 289. The van der Waals surface area contributed by atoms with E-state index in [1.807, 2.05) is 29.2 Å². The maximum absolute atomic E-state index is 3.28. The molecule has 2 nitrogen and oxygen atoms in total. The summed E-state index contributed by atoms with van der Waals surface area (Å²) >= 11 is 1.75. The lowest BCUT2D eigenvalue weighted by Gasteiger charge is -2.05. The first-order valence-corrected chi connectivity index (χ1v) is 5.27. The second-order valence-corrected chi connectivity index (χ2v) is 3.66. The molecule has 0 radical (unpaired) electrons. The van der Waals surface area contributed by atoms with Gasteiger partial charge in [-0.25, -0.2) is 0 Å². The molecule has 0 aromatic carbocycles. The zero-order valence-electron chi connectivity index (χ0n) is 7.31. The molecule has 0 fully saturated rings. The van der Waals surface area contributed by atoms with Crippen LogP contribution in [0, 0.1) is 0 Å². The summed E-state index contributed by atoms with van der Waals surface area (Å²) in [5.41, 5.74) is 4.69. The van der Waals surface area contributed by atoms with Crippen molar-refractivity contribution in [2.75, 3.05) is 12.0 Å². The fraction of sp³-hybridized carbons (Fsp3) is 0.200. The van der Waals surface area contributed by atoms with E-state index < -0.39 is 0 Å². The maximum atomic E-state index is 3.28. The average Bonchev–Trinajstić information content (AvgIpc) is 2.75. The monoisotopic (exact) mass is 192 g/mol. The van der Waals surface area contributed by atoms with Crippen molar-refractivity contribution in [2.45, 2.75) is 6.42 Å². The lowest BCUT2D eigenvalue weighted by Crippen LogP contribution is -2.15. The normalized spacial score (nSPS) is 10.2. The summed E-state index contributed by atoms with van der Waals surface area (Å²) in [5, 5.41) is 4.31. The molecular formula is C10H12N2S. The van der Waals surface area contributed by atoms with Gasteiger partial charge in [0, 0.05) is 18.9 Å². The van der Waals surface area contributed by atoms with Crippen LogP contribution in [0.3, 0.4) is 0 Å². The molecular weight excluding hydrogens is 180 g/mol. The first-order valence-electron chi connectivity index (χ1n) is 4.33. The molecule has 68 valence electrons. The van der Waals surface area contributed by atoms with Crippen LogP contribution in [0.15, 0.2) is 41.4 Å². The van der Waals surface area contributed by atoms with E-state index >= 15 is 0 Å². The highest BCUT2D eigenvalue weighted by molar-refractivity contribution is 7.07. The molecule has 0 atom stereocenters. The SMILES string of the molecule is c1ccn(NCCc2ccsc2)c1. The van der Waals surface area contributed by atoms with Gasteiger partial charge in [0.2, 0.25) is 0 Å². The van der Waals surface area contributed by atoms with Gasteiger partial charge >= 0.3 is 0 Å². The molecule has 0 aliphatic carbocycles. The summed E-state index contributed by atoms with van der Waals surface area (Å²) in [4.78, 5) is 0. The second kappa shape index (κ2) is 4.14. The van der Waals surface area contributed by atoms with Gasteiger partial charge in [0.25, 0.3) is 0 Å². The summed E-state index contributed by atoms with van der Waals surface area (Å²) < 4.78 is 1.98. The molecule has 0 unspecified atom stereocenters. The van der Waals surface area contributed by atoms with E-state index in [4.69, 9.17) is 0 Å². The van der Waals surface area contributed by atoms with Crippen molar-refractivity contribution in [1.82, 2.24) is 4.68 Å². The van der Waals surface area contributed by atoms with E-state index in [9.17, 15) is 0 Å². The van der Waals surface area contributed by atoms with Gasteiger partial charge in [0.15, 0.2) is 0 Å². The standard InChI is InChI=1S/C10H12N2S/c1-2-7-12(6-1)11-5-3-10-4-8-13-9-10/h1-2,4,6-9,11H,3,5H2. The zero-order valence-corrected chi connectivity index (χ0v) is 8.13. The van der Waals surface area contributed by atoms with Gasteiger partial charge in [0.1, 0.15) is 0 Å². The van der Waals surface area contributed by atoms with E-state index in [-0.39, 0.29) is 0 Å². The summed E-state index contributed by atoms with van der Waals surface area (Å²) in [6.07, 6.45) is 5.10. The van der Waals surface area contributed by atoms with Crippen molar-refractivity contribution in [2.24, 2.45) is 0 Å². The molecule has 0 aliphatic heterocycles. The van der Waals surface area contributed by atoms with Crippen LogP contribution in [0.4, 0.5) is 0 Å². The quantitative estimate of drug-likeness (QED) is 0.786. The van der Waals surface area contributed by atoms with E-state index in [1.165, 1.54) is 5.56 Å². The molecule has 2 aromatic rings. The molecule has 13 heavy (non-hydrogen) atoms. The Kier molecular flexibility index (Phi) is 2.67. The van der Waals surface area contributed by atoms with E-state index in [0.29, 0.717) is 0 Å². The van der Waals surface area contributed by atoms with Crippen molar-refractivity contribution in [3.8, 4) is 0 Å². The fourth-order valence-electron chi connectivity index (χ4n) is 1.20. The van der Waals surface area contributed by atoms with Crippen LogP contribution in [0.2, 0.25) is 0 Å². The topological polar surface area (TPSA) is 17.0 Å². The van der Waals surface area contributed by atoms with Crippen LogP contribution in [-0.2, 0) is 6.42 Å². The number of hydrogen-bond acceptors (Lipinski definition) is 2. The van der Waals surface area contributed by atoms with Crippen LogP contribution < -0.4 is 5.43 Å². The van der Waals surface area contributed by atoms with Gasteiger partial charge in [-0.05, 0) is 40.9 Å². The van der Waals surface area contributed by atoms with Crippen LogP contribution >= 0.6 is 11.3 Å². The average molecular weight is 192 g/mol. The largest absolute Gasteiger partial charge is 0.326 e. The second-order valence-electron chi connectivity index (χ2n) is 2.88. The Morgan fingerprint density at radius 2 is 2.15 bits per heavy atom. The Morgan fingerprint density at radius 3 is 2.85 bits per heavy atom. The number of thiophene rings is 1. The lowest BCUT2D eigenvalue weighted by atomic mass is 10.2. The maximum Gasteiger partial charge on any atom is 0.0354 e. The van der Waals surface area contributed by atoms with E-state index in [2.05, 4.69) is 22.3 Å². The third-order valence-corrected chi connectivity index (χ3v) is 2.62. The number of hydrogen-bond donors (Lipinski definition) is 1. The molecule has 0 spiro atoms. The van der Waals surface area contributed by atoms with Crippen molar-refractivity contribution >= 4 is 11.3 Å². The van der Waals surface area contributed by atoms with Crippen LogP contribution in [0.5, 0.6) is 0 Å². The highest BCUT2D eigenvalue weighted by Crippen LogP contribution is 2.05. The fourth-order valence-corrected chi connectivity index (χ4v) is 1.91. The zero-order chi connectivity index (χ0) is 8.93. The third-order valence-electron chi connectivity index (χ3n) is 1.89. The summed E-state index contributed by atoms with van der Waals surface area (Å²) in [7, 11) is 0. The minimum Gasteiger partial charge on any atom is -0.326 e. The Balaban J connectivity index is 1.76. The Labute approximate surface area is 81.8 Å². The van der Waals surface area contributed by atoms with Crippen molar-refractivity contribution < 1.29 is 0 Å². The van der Waals surface area contributed by atoms with Crippen molar-refractivity contribution in [3.63, 3.8) is 0 Å². The molecule has 0 saturated carbocycles. The predicted molar refractivity (Wildman–Crippen MR) is 56.7 cm³/mol. The summed E-state index contributed by atoms with van der Waals surface area (Å²) in [5.74, 6) is 0. The molecule has 0 aliphatic rings. The van der Waals surface area contributed by atoms with E-state index in [1.54, 1.807) is 11.3 Å². The smallest absolute Gasteiger partial charge is 0.0354 e. The molecule has 2 rings (SSSR count). The molecule has 1 N–H and O–H groups in total. The minimum atomic E-state index is 0.978. The van der Waals surface area contributed by atoms with Gasteiger partial charge in [-0.2, -0.15) is 11.3 Å². The number of nitrogens with one attached hydrogen (secondary N) is 1. The highest BCUT2D eigenvalue weighted by atomic mass is 32.1. The van der Waals surface area contributed by atoms with Crippen LogP contribution in [-0.4, -0.2) is 11.2 Å². The number of aromatic nitrogens is 1. The molecule has 0 saturated heterocycles. The highest BCUT2D eigenvalue weighted by Gasteiger charge is 1.91. The van der Waals surface area contributed by atoms with Gasteiger partial charge in [-0.1, -0.05) is 0 Å². The first kappa shape index (κ1) is 8.38. The van der Waals surface area contributed by atoms with Crippen LogP contribution in [0.1, 0.15) is 5.56 Å². The van der Waals surface area contributed by atoms with Gasteiger partial charge in [-0.3, -0.25) is 4.68 Å². The lowest BCUT2D eigenvalue weighted by molar-refractivity contribution is 0.829. The number of rotatable bonds is 4. The Morgan fingerprint density at radius 1 is 1.31 bits per heavy atom. The molecule has 2 aromatic heterocycles. The van der Waals surface area contributed by atoms with Gasteiger partial charge < -0.3 is 5.43 Å². The molecule has 3 heteroatoms. The molecule has 0 bridgehead atoms. The van der Waals surface area contributed by atoms with Gasteiger partial charge in [0.05, 0.1) is 0 Å². The van der Waals surface area contributed by atoms with Crippen molar-refractivity contribution in [1.29, 1.82) is 0 Å². The summed E-state index contributed by atoms with van der Waals surface area (Å²) in [6.45, 7) is 0.978. The minimum absolute atomic E-state index is 0.978. The third kappa shape index (κ3) is 2.36. The number of nitrogens with zero attached hydrogens (tertiary/aromatic N) is 1. The first-order chi connectivity index (χ1) is 6.45.